The molecule has 1 aliphatic carbocycles. The molecule has 2 fully saturated rings. The first-order chi connectivity index (χ1) is 30.7. The second-order valence-corrected chi connectivity index (χ2v) is 19.1. The van der Waals surface area contributed by atoms with Gasteiger partial charge >= 0.3 is 17.9 Å². The summed E-state index contributed by atoms with van der Waals surface area (Å²) in [6.45, 7) is 12.9. The first kappa shape index (κ1) is 42.5. The van der Waals surface area contributed by atoms with Gasteiger partial charge in [-0.15, -0.1) is 0 Å². The Morgan fingerprint density at radius 1 is 1.02 bits per heavy atom. The van der Waals surface area contributed by atoms with Crippen LogP contribution in [-0.2, 0) is 46.0 Å². The number of aryl methyl sites for hydroxylation is 2. The maximum Gasteiger partial charge on any atom is 0.344 e. The number of benzene rings is 2. The molecule has 7 heterocycles. The maximum absolute atomic E-state index is 15.5. The van der Waals surface area contributed by atoms with Crippen molar-refractivity contribution in [2.75, 3.05) is 59.5 Å². The van der Waals surface area contributed by atoms with Crippen molar-refractivity contribution in [3.8, 4) is 16.9 Å². The zero-order valence-corrected chi connectivity index (χ0v) is 38.3. The summed E-state index contributed by atoms with van der Waals surface area (Å²) in [6.07, 6.45) is 7.52. The van der Waals surface area contributed by atoms with E-state index in [1.54, 1.807) is 7.11 Å². The van der Waals surface area contributed by atoms with Crippen molar-refractivity contribution in [1.29, 1.82) is 0 Å². The van der Waals surface area contributed by atoms with Crippen LogP contribution in [0.1, 0.15) is 80.3 Å². The van der Waals surface area contributed by atoms with Gasteiger partial charge in [-0.2, -0.15) is 0 Å². The van der Waals surface area contributed by atoms with E-state index < -0.39 is 51.9 Å². The van der Waals surface area contributed by atoms with E-state index in [1.165, 1.54) is 26.7 Å². The first-order valence-electron chi connectivity index (χ1n) is 22.6. The molecule has 1 saturated carbocycles. The van der Waals surface area contributed by atoms with Crippen LogP contribution < -0.4 is 9.64 Å². The van der Waals surface area contributed by atoms with Gasteiger partial charge in [-0.05, 0) is 86.9 Å². The Morgan fingerprint density at radius 2 is 1.80 bits per heavy atom. The SMILES string of the molecule is CCC1=C[C@H]2CN(C1)Cc1c([nH]c3ccc(-c4c(C)noc4C)cc13)[C@@](C(=O)OC)(c1cc3c(cc1OC)N(C)[C@H]1[C@@](O)(C(=O)OC)[C@H](OC(C)=O)[C@]4(CC)C=CCN5CC[C@]31[C@@H]54)C2. The number of ether oxygens (including phenoxy) is 4. The summed E-state index contributed by atoms with van der Waals surface area (Å²) in [7, 11) is 6.21. The summed E-state index contributed by atoms with van der Waals surface area (Å²) in [5, 5.41) is 18.7. The average Bonchev–Trinajstić information content (AvgIpc) is 4.03. The quantitative estimate of drug-likeness (QED) is 0.120. The molecule has 6 aliphatic rings. The highest BCUT2D eigenvalue weighted by Crippen LogP contribution is 2.68. The Labute approximate surface area is 373 Å². The van der Waals surface area contributed by atoms with Gasteiger partial charge < -0.3 is 38.5 Å². The summed E-state index contributed by atoms with van der Waals surface area (Å²) in [4.78, 5) is 53.7. The minimum absolute atomic E-state index is 0.0199. The molecule has 5 aliphatic heterocycles. The number of aromatic amines is 1. The Morgan fingerprint density at radius 3 is 2.47 bits per heavy atom. The van der Waals surface area contributed by atoms with Gasteiger partial charge in [-0.3, -0.25) is 19.4 Å². The fourth-order valence-corrected chi connectivity index (χ4v) is 13.9. The standard InChI is InChI=1S/C50H59N5O9/c1-10-30-19-31-23-49(45(57)61-8,41-34(26-54(24-30)25-31)33-20-32(13-14-37(33)51-41)40-27(3)52-64-28(40)4)36-21-35-38(22-39(36)60-7)53(6)43-48(35)16-18-55-17-12-15-47(11-2,42(48)55)44(63-29(5)56)50(43,59)46(58)62-9/h12-15,19-22,31,42-44,51,59H,10-11,16-18,23-26H2,1-9H3/t31-,42+,43-,44-,47-,48-,49+,50+/m1/s1. The number of nitrogens with zero attached hydrogens (tertiary/aromatic N) is 4. The molecule has 0 amide bonds. The zero-order chi connectivity index (χ0) is 45.2. The lowest BCUT2D eigenvalue weighted by Gasteiger charge is -2.63. The van der Waals surface area contributed by atoms with Gasteiger partial charge in [-0.25, -0.2) is 4.79 Å². The molecule has 14 heteroatoms. The van der Waals surface area contributed by atoms with E-state index in [2.05, 4.69) is 69.4 Å². The third kappa shape index (κ3) is 5.42. The summed E-state index contributed by atoms with van der Waals surface area (Å²) >= 11 is 0. The Kier molecular flexibility index (Phi) is 9.83. The van der Waals surface area contributed by atoms with Gasteiger partial charge in [-0.1, -0.05) is 48.9 Å². The van der Waals surface area contributed by atoms with E-state index in [0.717, 1.165) is 75.5 Å². The molecule has 64 heavy (non-hydrogen) atoms. The van der Waals surface area contributed by atoms with Gasteiger partial charge in [0, 0.05) is 96.5 Å². The molecule has 9 atom stereocenters. The molecule has 0 radical (unpaired) electrons. The second kappa shape index (κ2) is 14.8. The van der Waals surface area contributed by atoms with Crippen molar-refractivity contribution >= 4 is 34.5 Å². The molecule has 1 spiro atoms. The predicted molar refractivity (Wildman–Crippen MR) is 239 cm³/mol. The Bertz CT molecular complexity index is 2660. The van der Waals surface area contributed by atoms with Gasteiger partial charge in [0.25, 0.3) is 0 Å². The highest BCUT2D eigenvalue weighted by Gasteiger charge is 2.80. The van der Waals surface area contributed by atoms with Gasteiger partial charge in [0.15, 0.2) is 6.10 Å². The van der Waals surface area contributed by atoms with Crippen LogP contribution in [0, 0.1) is 25.2 Å². The second-order valence-electron chi connectivity index (χ2n) is 19.1. The number of H-pyrrole nitrogens is 1. The number of aliphatic hydroxyl groups is 1. The summed E-state index contributed by atoms with van der Waals surface area (Å²) in [6, 6.07) is 9.19. The first-order valence-corrected chi connectivity index (χ1v) is 22.6. The normalized spacial score (nSPS) is 32.4. The number of aromatic nitrogens is 2. The molecule has 2 aromatic heterocycles. The molecule has 2 bridgehead atoms. The molecule has 1 unspecified atom stereocenters. The Balaban J connectivity index is 1.28. The van der Waals surface area contributed by atoms with E-state index in [4.69, 9.17) is 23.5 Å². The Hall–Kier alpha value is -5.44. The number of anilines is 1. The third-order valence-electron chi connectivity index (χ3n) is 16.2. The summed E-state index contributed by atoms with van der Waals surface area (Å²) in [5.74, 6) is -0.711. The lowest BCUT2D eigenvalue weighted by Crippen LogP contribution is -2.81. The van der Waals surface area contributed by atoms with Crippen molar-refractivity contribution in [3.05, 3.63) is 88.0 Å². The number of hydrogen-bond donors (Lipinski definition) is 2. The molecular weight excluding hydrogens is 815 g/mol. The van der Waals surface area contributed by atoms with Crippen LogP contribution in [0.25, 0.3) is 22.0 Å². The highest BCUT2D eigenvalue weighted by atomic mass is 16.6. The van der Waals surface area contributed by atoms with Gasteiger partial charge in [0.1, 0.15) is 16.9 Å². The molecule has 10 rings (SSSR count). The van der Waals surface area contributed by atoms with E-state index in [1.807, 2.05) is 38.8 Å². The monoisotopic (exact) mass is 873 g/mol. The van der Waals surface area contributed by atoms with Crippen LogP contribution in [0.4, 0.5) is 5.69 Å². The zero-order valence-electron chi connectivity index (χ0n) is 38.3. The number of fused-ring (bicyclic) bond motifs is 6. The van der Waals surface area contributed by atoms with Crippen LogP contribution in [0.2, 0.25) is 0 Å². The van der Waals surface area contributed by atoms with Crippen molar-refractivity contribution in [3.63, 3.8) is 0 Å². The van der Waals surface area contributed by atoms with Crippen LogP contribution in [0.3, 0.4) is 0 Å². The molecule has 2 N–H and O–H groups in total. The number of carbonyl (C=O) groups excluding carboxylic acids is 3. The molecule has 1 saturated heterocycles. The van der Waals surface area contributed by atoms with E-state index in [9.17, 15) is 14.7 Å². The number of nitrogens with one attached hydrogen (secondary N) is 1. The minimum atomic E-state index is -2.30. The maximum atomic E-state index is 15.5. The van der Waals surface area contributed by atoms with Crippen molar-refractivity contribution in [2.24, 2.45) is 11.3 Å². The average molecular weight is 874 g/mol. The topological polar surface area (TPSA) is 160 Å². The highest BCUT2D eigenvalue weighted by molar-refractivity contribution is 5.96. The molecule has 2 aromatic carbocycles. The summed E-state index contributed by atoms with van der Waals surface area (Å²) < 4.78 is 29.7. The van der Waals surface area contributed by atoms with Crippen molar-refractivity contribution < 1.29 is 43.0 Å². The van der Waals surface area contributed by atoms with Crippen molar-refractivity contribution in [2.45, 2.75) is 101 Å². The summed E-state index contributed by atoms with van der Waals surface area (Å²) in [5.41, 5.74) is 3.32. The smallest absolute Gasteiger partial charge is 0.344 e. The molecule has 14 nitrogen and oxygen atoms in total. The fraction of sp³-hybridized carbons (Fsp3) is 0.520. The van der Waals surface area contributed by atoms with E-state index in [0.29, 0.717) is 50.2 Å². The number of rotatable bonds is 8. The van der Waals surface area contributed by atoms with Gasteiger partial charge in [0.2, 0.25) is 5.60 Å². The lowest BCUT2D eigenvalue weighted by molar-refractivity contribution is -0.228. The fourth-order valence-electron chi connectivity index (χ4n) is 13.9. The van der Waals surface area contributed by atoms with Crippen LogP contribution in [-0.4, -0.2) is 121 Å². The predicted octanol–water partition coefficient (Wildman–Crippen LogP) is 6.03. The van der Waals surface area contributed by atoms with Crippen LogP contribution in [0.5, 0.6) is 5.75 Å². The minimum Gasteiger partial charge on any atom is -0.496 e. The van der Waals surface area contributed by atoms with Crippen LogP contribution >= 0.6 is 0 Å². The molecule has 338 valence electrons. The van der Waals surface area contributed by atoms with Crippen LogP contribution in [0.15, 0.2) is 58.7 Å². The largest absolute Gasteiger partial charge is 0.496 e. The number of hydrogen-bond acceptors (Lipinski definition) is 13. The number of methoxy groups -OCH3 is 3. The molecule has 4 aromatic rings. The molecular formula is C50H59N5O9. The third-order valence-corrected chi connectivity index (χ3v) is 16.2. The van der Waals surface area contributed by atoms with E-state index in [-0.39, 0.29) is 12.0 Å². The van der Waals surface area contributed by atoms with E-state index >= 15 is 4.79 Å². The number of likely N-dealkylation sites (N-methyl/N-ethyl adjacent to an activating group) is 1. The number of esters is 3. The number of carbonyl (C=O) groups is 3. The lowest BCUT2D eigenvalue weighted by atomic mass is 9.47. The van der Waals surface area contributed by atoms with Crippen molar-refractivity contribution in [1.82, 2.24) is 19.9 Å². The van der Waals surface area contributed by atoms with Gasteiger partial charge in [0.05, 0.1) is 33.1 Å².